The number of aliphatic hydroxyl groups is 5. The fraction of sp³-hybridized carbons (Fsp3) is 0.805. The molecule has 1 aliphatic rings. The highest BCUT2D eigenvalue weighted by Crippen LogP contribution is 2.29. The van der Waals surface area contributed by atoms with Gasteiger partial charge in [0.2, 0.25) is 35.4 Å². The second kappa shape index (κ2) is 73.8. The van der Waals surface area contributed by atoms with Gasteiger partial charge in [0, 0.05) is 113 Å². The molecule has 6 amide bonds. The molecule has 1 aliphatic heterocycles. The molecule has 1 fully saturated rings. The van der Waals surface area contributed by atoms with Gasteiger partial charge >= 0.3 is 29.8 Å². The minimum Gasteiger partial charge on any atom is -0.481 e. The number of likely N-dealkylation sites (tertiary alicyclic amines) is 1. The number of hydrogen-bond donors (Lipinski definition) is 12. The quantitative estimate of drug-likeness (QED) is 0.0142. The van der Waals surface area contributed by atoms with Crippen LogP contribution in [0.15, 0.2) is 30.3 Å². The number of esters is 4. The summed E-state index contributed by atoms with van der Waals surface area (Å²) in [6.07, 6.45) is 0.473. The van der Waals surface area contributed by atoms with Gasteiger partial charge in [0.25, 0.3) is 0 Å². The smallest absolute Gasteiger partial charge is 0.328 e. The number of aliphatic hydroxyl groups excluding tert-OH is 5. The van der Waals surface area contributed by atoms with Crippen LogP contribution in [0.5, 0.6) is 0 Å². The van der Waals surface area contributed by atoms with Crippen molar-refractivity contribution in [2.45, 2.75) is 290 Å². The largest absolute Gasteiger partial charge is 0.481 e. The van der Waals surface area contributed by atoms with Gasteiger partial charge in [-0.15, -0.1) is 0 Å². The number of nitrogens with zero attached hydrogens (tertiary/aromatic N) is 2. The number of benzene rings is 1. The van der Waals surface area contributed by atoms with Gasteiger partial charge in [0.05, 0.1) is 107 Å². The van der Waals surface area contributed by atoms with E-state index in [-0.39, 0.29) is 196 Å². The van der Waals surface area contributed by atoms with Crippen molar-refractivity contribution >= 4 is 77.9 Å². The first kappa shape index (κ1) is 121. The summed E-state index contributed by atoms with van der Waals surface area (Å²) in [5, 5.41) is 67.6. The summed E-state index contributed by atoms with van der Waals surface area (Å²) in [4.78, 5) is 142. The molecule has 8 unspecified atom stereocenters. The van der Waals surface area contributed by atoms with Gasteiger partial charge in [-0.3, -0.25) is 52.8 Å². The zero-order valence-electron chi connectivity index (χ0n) is 78.2. The Morgan fingerprint density at radius 2 is 0.960 bits per heavy atom. The number of carbonyl (C=O) groups is 11. The number of carbonyl (C=O) groups excluding carboxylic acids is 10. The normalized spacial score (nSPS) is 16.3. The predicted molar refractivity (Wildman–Crippen MR) is 469 cm³/mol. The molecule has 0 spiro atoms. The summed E-state index contributed by atoms with van der Waals surface area (Å²) < 4.78 is 74.1. The van der Waals surface area contributed by atoms with Crippen LogP contribution in [0, 0.1) is 23.7 Å². The topological polar surface area (TPSA) is 505 Å². The number of amides is 6. The van der Waals surface area contributed by atoms with Gasteiger partial charge in [-0.05, 0) is 102 Å². The molecule has 39 heteroatoms. The predicted octanol–water partition coefficient (Wildman–Crippen LogP) is 4.33. The highest BCUT2D eigenvalue weighted by atomic mass is 32.1. The number of thiol groups is 1. The van der Waals surface area contributed by atoms with Crippen LogP contribution in [-0.4, -0.2) is 339 Å². The lowest BCUT2D eigenvalue weighted by molar-refractivity contribution is -0.194. The number of methoxy groups -OCH3 is 6. The van der Waals surface area contributed by atoms with Gasteiger partial charge < -0.3 is 128 Å². The molecule has 1 aromatic carbocycles. The minimum absolute atomic E-state index is 0.00463. The van der Waals surface area contributed by atoms with Gasteiger partial charge in [-0.2, -0.15) is 12.6 Å². The van der Waals surface area contributed by atoms with Crippen LogP contribution < -0.4 is 26.6 Å². The van der Waals surface area contributed by atoms with E-state index < -0.39 is 115 Å². The maximum absolute atomic E-state index is 14.3. The summed E-state index contributed by atoms with van der Waals surface area (Å²) >= 11 is 3.98. The zero-order valence-corrected chi connectivity index (χ0v) is 79.1. The number of ether oxygens (including phenoxy) is 14. The third-order valence-corrected chi connectivity index (χ3v) is 20.7. The van der Waals surface area contributed by atoms with Crippen LogP contribution in [0.4, 0.5) is 0 Å². The van der Waals surface area contributed by atoms with Crippen LogP contribution in [0.2, 0.25) is 0 Å². The molecule has 126 heavy (non-hydrogen) atoms. The second-order valence-corrected chi connectivity index (χ2v) is 31.5. The summed E-state index contributed by atoms with van der Waals surface area (Å²) in [7, 11) is 12.4. The van der Waals surface area contributed by atoms with E-state index >= 15 is 0 Å². The van der Waals surface area contributed by atoms with E-state index in [2.05, 4.69) is 39.2 Å². The molecule has 38 nitrogen and oxygen atoms in total. The van der Waals surface area contributed by atoms with Crippen molar-refractivity contribution in [2.24, 2.45) is 23.7 Å². The maximum atomic E-state index is 14.3. The Hall–Kier alpha value is -6.90. The van der Waals surface area contributed by atoms with E-state index in [9.17, 15) is 57.8 Å². The van der Waals surface area contributed by atoms with Crippen LogP contribution in [0.1, 0.15) is 197 Å². The van der Waals surface area contributed by atoms with E-state index in [1.165, 1.54) is 42.7 Å². The molecule has 1 aromatic rings. The number of rotatable bonds is 66. The molecule has 732 valence electrons. The van der Waals surface area contributed by atoms with Crippen molar-refractivity contribution in [1.29, 1.82) is 0 Å². The first-order chi connectivity index (χ1) is 60.0. The third kappa shape index (κ3) is 53.3. The molecular formula is C87H157N7O31S. The van der Waals surface area contributed by atoms with Crippen molar-refractivity contribution in [2.75, 3.05) is 142 Å². The van der Waals surface area contributed by atoms with E-state index in [4.69, 9.17) is 91.8 Å². The second-order valence-electron chi connectivity index (χ2n) is 31.0. The Morgan fingerprint density at radius 3 is 1.34 bits per heavy atom. The van der Waals surface area contributed by atoms with Crippen LogP contribution in [-0.2, 0) is 125 Å². The molecule has 0 aromatic heterocycles. The van der Waals surface area contributed by atoms with E-state index in [0.29, 0.717) is 76.6 Å². The molecule has 1 heterocycles. The molecule has 1 saturated heterocycles. The van der Waals surface area contributed by atoms with E-state index in [0.717, 1.165) is 5.56 Å². The van der Waals surface area contributed by atoms with Crippen molar-refractivity contribution in [3.8, 4) is 0 Å². The van der Waals surface area contributed by atoms with E-state index in [1.54, 1.807) is 11.8 Å². The highest BCUT2D eigenvalue weighted by Gasteiger charge is 2.43. The van der Waals surface area contributed by atoms with Crippen molar-refractivity contribution in [3.05, 3.63) is 35.9 Å². The average molecular weight is 1830 g/mol. The van der Waals surface area contributed by atoms with Gasteiger partial charge in [0.15, 0.2) is 25.2 Å². The van der Waals surface area contributed by atoms with E-state index in [1.807, 2.05) is 119 Å². The molecule has 0 bridgehead atoms. The molecule has 11 N–H and O–H groups in total. The number of hydrogen-bond acceptors (Lipinski definition) is 32. The molecule has 0 saturated carbocycles. The first-order valence-electron chi connectivity index (χ1n) is 43.8. The number of carboxylic acid groups (broad SMARTS) is 1. The van der Waals surface area contributed by atoms with Crippen molar-refractivity contribution < 1.29 is 150 Å². The lowest BCUT2D eigenvalue weighted by Gasteiger charge is -2.37. The standard InChI is InChI=1S/C54H92N6O14.C14H27NO6S.C12H22O7.C7H16O4/c1-14-36(7)48(58-52(66)47(34(3)4)57-53(67)49(35(5)6)59(9)10)42(69-11)31-44(63)60-28-20-24-41(60)50(71-13)37(8)51(65)56-40(30-38-22-17-16-18-23-38)54(68)72-29-21-27-55-43(62)25-19-26-45(64)73-33-46(70-12)74-39(15-2)32-61;1-3-11(9-16)21-14(19-2)10-20-13(18)6-4-5-12(17)15-7-8-22;1-3-9(7-13)19-12(17-2)8-18-11(16)6-4-5-10(14)15;1-3-6(4-8)11-7(5-9)10-2/h16-18,22-23,34-37,39-42,46-50,61H,14-15,19-21,24-33H2,1-13H3,(H,55,62)(H,56,65)(H,57,67)(H,58,66);11,14,16,22H,3-10H2,1-2H3,(H,15,17);9,12-13H,3-8H2,1-2H3,(H,14,15);6-9H,3-5H2,1-2H3/t36-,37+,39?,40-,41-,42+,46?,47-,48-,49-,50+;;;/m0.../s1. The number of carboxylic acids is 1. The van der Waals surface area contributed by atoms with Crippen molar-refractivity contribution in [3.63, 3.8) is 0 Å². The monoisotopic (exact) mass is 1830 g/mol. The molecular weight excluding hydrogens is 1670 g/mol. The molecule has 0 radical (unpaired) electrons. The SMILES string of the molecule is CCC(CO)OC(CO)OC.CCC(CO)OC(COC(=O)CCCC(=O)NCCCOC(=O)[C@H](Cc1ccccc1)NC(=O)[C@H](C)[C@@H](OC)[C@@H]1CCCN1C(=O)C[C@@H](OC)[C@@H](NC(=O)[C@@H](NC(=O)[C@H](C(C)C)N(C)C)C(C)C)[C@@H](C)CC)OC.CCC(CO)OC(COC(=O)CCCC(=O)NCCS)OC.CCC(CO)OC(COC(=O)CCCC(=O)O)OC. The minimum atomic E-state index is -1.06. The van der Waals surface area contributed by atoms with Gasteiger partial charge in [-0.1, -0.05) is 113 Å². The first-order valence-corrected chi connectivity index (χ1v) is 44.4. The summed E-state index contributed by atoms with van der Waals surface area (Å²) in [5.41, 5.74) is 0.793. The Kier molecular flexibility index (Phi) is 71.0. The Morgan fingerprint density at radius 1 is 0.508 bits per heavy atom. The summed E-state index contributed by atoms with van der Waals surface area (Å²) in [6, 6.07) is 5.84. The number of likely N-dealkylation sites (N-methyl/N-ethyl adjacent to an activating group) is 1. The lowest BCUT2D eigenvalue weighted by atomic mass is 9.90. The fourth-order valence-corrected chi connectivity index (χ4v) is 12.8. The molecule has 2 rings (SSSR count). The highest BCUT2D eigenvalue weighted by molar-refractivity contribution is 7.80. The van der Waals surface area contributed by atoms with Crippen LogP contribution in [0.25, 0.3) is 0 Å². The van der Waals surface area contributed by atoms with Crippen LogP contribution >= 0.6 is 12.6 Å². The Labute approximate surface area is 752 Å². The van der Waals surface area contributed by atoms with Crippen LogP contribution in [0.3, 0.4) is 0 Å². The Bertz CT molecular complexity index is 3060. The Balaban J connectivity index is 0. The van der Waals surface area contributed by atoms with Gasteiger partial charge in [0.1, 0.15) is 31.9 Å². The zero-order chi connectivity index (χ0) is 95.7. The third-order valence-electron chi connectivity index (χ3n) is 20.4. The average Bonchev–Trinajstić information content (AvgIpc) is 1.61. The maximum Gasteiger partial charge on any atom is 0.328 e. The summed E-state index contributed by atoms with van der Waals surface area (Å²) in [5.74, 6) is -5.23. The lowest BCUT2D eigenvalue weighted by Crippen LogP contribution is -2.59. The fourth-order valence-electron chi connectivity index (χ4n) is 12.7. The number of aliphatic carboxylic acids is 1. The molecule has 17 atom stereocenters. The van der Waals surface area contributed by atoms with Crippen molar-refractivity contribution in [1.82, 2.24) is 36.4 Å². The summed E-state index contributed by atoms with van der Waals surface area (Å²) in [6.45, 7) is 21.0. The van der Waals surface area contributed by atoms with Gasteiger partial charge in [-0.25, -0.2) is 4.79 Å². The number of nitrogens with one attached hydrogen (secondary N) is 5. The molecule has 0 aliphatic carbocycles.